The highest BCUT2D eigenvalue weighted by Gasteiger charge is 2.10. The van der Waals surface area contributed by atoms with Gasteiger partial charge in [0.15, 0.2) is 9.84 Å². The number of sulfonamides is 1. The van der Waals surface area contributed by atoms with Gasteiger partial charge in [-0.3, -0.25) is 0 Å². The Bertz CT molecular complexity index is 653. The summed E-state index contributed by atoms with van der Waals surface area (Å²) in [5.74, 6) is -0.100. The molecule has 0 amide bonds. The zero-order valence-corrected chi connectivity index (χ0v) is 12.3. The van der Waals surface area contributed by atoms with E-state index in [2.05, 4.69) is 10.0 Å². The van der Waals surface area contributed by atoms with Gasteiger partial charge in [0, 0.05) is 12.8 Å². The minimum absolute atomic E-state index is 0.100. The van der Waals surface area contributed by atoms with Gasteiger partial charge < -0.3 is 11.1 Å². The number of hydrogen-bond acceptors (Lipinski definition) is 6. The highest BCUT2D eigenvalue weighted by molar-refractivity contribution is 7.90. The molecule has 4 N–H and O–H groups in total. The maximum Gasteiger partial charge on any atom is 0.213 e. The summed E-state index contributed by atoms with van der Waals surface area (Å²) in [6.07, 6.45) is 1.09. The zero-order chi connectivity index (χ0) is 14.7. The van der Waals surface area contributed by atoms with Crippen molar-refractivity contribution in [3.05, 3.63) is 18.2 Å². The van der Waals surface area contributed by atoms with Crippen molar-refractivity contribution < 1.29 is 16.8 Å². The highest BCUT2D eigenvalue weighted by atomic mass is 32.2. The first-order chi connectivity index (χ1) is 8.65. The fourth-order valence-electron chi connectivity index (χ4n) is 1.35. The van der Waals surface area contributed by atoms with E-state index < -0.39 is 19.9 Å². The van der Waals surface area contributed by atoms with Gasteiger partial charge in [0.2, 0.25) is 10.0 Å². The van der Waals surface area contributed by atoms with Crippen LogP contribution in [0.25, 0.3) is 0 Å². The first-order valence-corrected chi connectivity index (χ1v) is 8.95. The number of hydrogen-bond donors (Lipinski definition) is 3. The standard InChI is InChI=1S/C10H17N3O4S2/c1-12-19(16,17)6-5-13-10-4-3-8(7-9(10)11)18(2,14)15/h3-4,7,12-13H,5-6,11H2,1-2H3. The number of anilines is 2. The molecule has 0 heterocycles. The van der Waals surface area contributed by atoms with Crippen molar-refractivity contribution in [3.8, 4) is 0 Å². The Hall–Kier alpha value is -1.32. The van der Waals surface area contributed by atoms with Crippen LogP contribution in [0.1, 0.15) is 0 Å². The van der Waals surface area contributed by atoms with Gasteiger partial charge >= 0.3 is 0 Å². The van der Waals surface area contributed by atoms with Gasteiger partial charge in [-0.2, -0.15) is 0 Å². The van der Waals surface area contributed by atoms with E-state index in [1.165, 1.54) is 25.2 Å². The minimum atomic E-state index is -3.30. The number of benzene rings is 1. The van der Waals surface area contributed by atoms with Crippen molar-refractivity contribution >= 4 is 31.2 Å². The summed E-state index contributed by atoms with van der Waals surface area (Å²) >= 11 is 0. The highest BCUT2D eigenvalue weighted by Crippen LogP contribution is 2.22. The van der Waals surface area contributed by atoms with Crippen molar-refractivity contribution in [3.63, 3.8) is 0 Å². The molecule has 0 saturated carbocycles. The molecule has 0 aliphatic rings. The van der Waals surface area contributed by atoms with Crippen LogP contribution < -0.4 is 15.8 Å². The summed E-state index contributed by atoms with van der Waals surface area (Å²) in [6, 6.07) is 4.27. The molecule has 0 aliphatic carbocycles. The number of nitrogen functional groups attached to an aromatic ring is 1. The van der Waals surface area contributed by atoms with Crippen molar-refractivity contribution in [1.29, 1.82) is 0 Å². The second-order valence-corrected chi connectivity index (χ2v) is 8.03. The minimum Gasteiger partial charge on any atom is -0.397 e. The molecule has 0 saturated heterocycles. The van der Waals surface area contributed by atoms with Crippen LogP contribution in [0.3, 0.4) is 0 Å². The zero-order valence-electron chi connectivity index (χ0n) is 10.7. The average Bonchev–Trinajstić information content (AvgIpc) is 2.30. The number of sulfone groups is 1. The average molecular weight is 307 g/mol. The molecular weight excluding hydrogens is 290 g/mol. The van der Waals surface area contributed by atoms with E-state index in [9.17, 15) is 16.8 Å². The van der Waals surface area contributed by atoms with Crippen LogP contribution in [-0.4, -0.2) is 42.4 Å². The summed E-state index contributed by atoms with van der Waals surface area (Å²) in [6.45, 7) is 0.172. The van der Waals surface area contributed by atoms with Crippen LogP contribution in [0.4, 0.5) is 11.4 Å². The van der Waals surface area contributed by atoms with Crippen LogP contribution in [0.2, 0.25) is 0 Å². The molecule has 19 heavy (non-hydrogen) atoms. The smallest absolute Gasteiger partial charge is 0.213 e. The quantitative estimate of drug-likeness (QED) is 0.617. The third-order valence-corrected chi connectivity index (χ3v) is 4.92. The molecule has 0 radical (unpaired) electrons. The molecule has 0 aromatic heterocycles. The number of nitrogens with one attached hydrogen (secondary N) is 2. The third kappa shape index (κ3) is 4.69. The number of nitrogens with two attached hydrogens (primary N) is 1. The Morgan fingerprint density at radius 3 is 2.32 bits per heavy atom. The molecule has 9 heteroatoms. The fourth-order valence-corrected chi connectivity index (χ4v) is 2.59. The monoisotopic (exact) mass is 307 g/mol. The number of rotatable bonds is 6. The third-order valence-electron chi connectivity index (χ3n) is 2.45. The van der Waals surface area contributed by atoms with Crippen molar-refractivity contribution in [2.75, 3.05) is 36.7 Å². The van der Waals surface area contributed by atoms with Crippen molar-refractivity contribution in [2.45, 2.75) is 4.90 Å². The lowest BCUT2D eigenvalue weighted by atomic mass is 10.2. The lowest BCUT2D eigenvalue weighted by Crippen LogP contribution is -2.26. The van der Waals surface area contributed by atoms with Gasteiger partial charge in [-0.05, 0) is 25.2 Å². The molecule has 108 valence electrons. The van der Waals surface area contributed by atoms with Gasteiger partial charge in [0.1, 0.15) is 0 Å². The fraction of sp³-hybridized carbons (Fsp3) is 0.400. The maximum absolute atomic E-state index is 11.3. The van der Waals surface area contributed by atoms with Crippen LogP contribution in [0.15, 0.2) is 23.1 Å². The summed E-state index contributed by atoms with van der Waals surface area (Å²) in [7, 11) is -5.25. The lowest BCUT2D eigenvalue weighted by Gasteiger charge is -2.10. The Morgan fingerprint density at radius 2 is 1.84 bits per heavy atom. The molecule has 0 fully saturated rings. The van der Waals surface area contributed by atoms with Crippen molar-refractivity contribution in [1.82, 2.24) is 4.72 Å². The second kappa shape index (κ2) is 5.76. The van der Waals surface area contributed by atoms with E-state index in [0.29, 0.717) is 5.69 Å². The SMILES string of the molecule is CNS(=O)(=O)CCNc1ccc(S(C)(=O)=O)cc1N. The summed E-state index contributed by atoms with van der Waals surface area (Å²) in [5, 5.41) is 2.84. The van der Waals surface area contributed by atoms with Gasteiger partial charge in [0.05, 0.1) is 22.0 Å². The van der Waals surface area contributed by atoms with Gasteiger partial charge in [-0.15, -0.1) is 0 Å². The lowest BCUT2D eigenvalue weighted by molar-refractivity contribution is 0.588. The van der Waals surface area contributed by atoms with Gasteiger partial charge in [-0.1, -0.05) is 0 Å². The topological polar surface area (TPSA) is 118 Å². The summed E-state index contributed by atoms with van der Waals surface area (Å²) < 4.78 is 47.2. The van der Waals surface area contributed by atoms with E-state index in [0.717, 1.165) is 6.26 Å². The normalized spacial score (nSPS) is 12.3. The Morgan fingerprint density at radius 1 is 1.21 bits per heavy atom. The van der Waals surface area contributed by atoms with Crippen molar-refractivity contribution in [2.24, 2.45) is 0 Å². The Labute approximate surface area is 113 Å². The Kier molecular flexibility index (Phi) is 4.77. The molecule has 1 aromatic carbocycles. The van der Waals surface area contributed by atoms with E-state index in [1.807, 2.05) is 0 Å². The predicted octanol–water partition coefficient (Wildman–Crippen LogP) is -0.367. The van der Waals surface area contributed by atoms with E-state index in [4.69, 9.17) is 5.73 Å². The van der Waals surface area contributed by atoms with Crippen LogP contribution in [0.5, 0.6) is 0 Å². The largest absolute Gasteiger partial charge is 0.397 e. The molecule has 0 unspecified atom stereocenters. The molecule has 0 bridgehead atoms. The molecule has 0 atom stereocenters. The van der Waals surface area contributed by atoms with E-state index >= 15 is 0 Å². The van der Waals surface area contributed by atoms with E-state index in [-0.39, 0.29) is 22.9 Å². The van der Waals surface area contributed by atoms with Crippen LogP contribution in [-0.2, 0) is 19.9 Å². The van der Waals surface area contributed by atoms with Gasteiger partial charge in [0.25, 0.3) is 0 Å². The molecule has 0 spiro atoms. The van der Waals surface area contributed by atoms with Crippen LogP contribution >= 0.6 is 0 Å². The van der Waals surface area contributed by atoms with Crippen LogP contribution in [0, 0.1) is 0 Å². The molecule has 1 rings (SSSR count). The summed E-state index contributed by atoms with van der Waals surface area (Å²) in [4.78, 5) is 0.124. The van der Waals surface area contributed by atoms with Gasteiger partial charge in [-0.25, -0.2) is 21.6 Å². The Balaban J connectivity index is 2.77. The predicted molar refractivity (Wildman–Crippen MR) is 75.3 cm³/mol. The maximum atomic E-state index is 11.3. The molecule has 1 aromatic rings. The van der Waals surface area contributed by atoms with E-state index in [1.54, 1.807) is 0 Å². The first-order valence-electron chi connectivity index (χ1n) is 5.40. The molecular formula is C10H17N3O4S2. The first kappa shape index (κ1) is 15.7. The second-order valence-electron chi connectivity index (χ2n) is 3.97. The molecule has 0 aliphatic heterocycles. The summed E-state index contributed by atoms with van der Waals surface area (Å²) in [5.41, 5.74) is 6.46. The molecule has 7 nitrogen and oxygen atoms in total.